The molecule has 0 heterocycles. The summed E-state index contributed by atoms with van der Waals surface area (Å²) in [5.74, 6) is -0.192. The van der Waals surface area contributed by atoms with Gasteiger partial charge in [0, 0.05) is 17.6 Å². The normalized spacial score (nSPS) is 12.5. The molecular formula is C19H26BrCl2N3O. The fraction of sp³-hybridized carbons (Fsp3) is 0.316. The molecule has 0 aliphatic rings. The van der Waals surface area contributed by atoms with Crippen molar-refractivity contribution < 1.29 is 4.79 Å². The fourth-order valence-corrected chi connectivity index (χ4v) is 2.76. The lowest BCUT2D eigenvalue weighted by atomic mass is 9.92. The first-order valence-electron chi connectivity index (χ1n) is 7.85. The van der Waals surface area contributed by atoms with Crippen molar-refractivity contribution in [1.29, 1.82) is 0 Å². The van der Waals surface area contributed by atoms with E-state index in [-0.39, 0.29) is 30.7 Å². The molecule has 0 saturated carbocycles. The monoisotopic (exact) mass is 461 g/mol. The molecule has 0 spiro atoms. The highest BCUT2D eigenvalue weighted by molar-refractivity contribution is 9.10. The molecular weight excluding hydrogens is 437 g/mol. The number of benzene rings is 2. The van der Waals surface area contributed by atoms with Gasteiger partial charge in [-0.15, -0.1) is 24.8 Å². The van der Waals surface area contributed by atoms with Crippen molar-refractivity contribution in [1.82, 2.24) is 10.2 Å². The first-order valence-corrected chi connectivity index (χ1v) is 8.64. The fourth-order valence-electron chi connectivity index (χ4n) is 2.50. The number of hydrogen-bond acceptors (Lipinski definition) is 3. The highest BCUT2D eigenvalue weighted by atomic mass is 79.9. The Hall–Kier alpha value is -1.11. The minimum atomic E-state index is -1.07. The molecule has 0 aliphatic carbocycles. The maximum absolute atomic E-state index is 12.5. The summed E-state index contributed by atoms with van der Waals surface area (Å²) in [7, 11) is 4.07. The van der Waals surface area contributed by atoms with Gasteiger partial charge in [-0.1, -0.05) is 52.3 Å². The van der Waals surface area contributed by atoms with E-state index >= 15 is 0 Å². The summed E-state index contributed by atoms with van der Waals surface area (Å²) in [5.41, 5.74) is 8.25. The Morgan fingerprint density at radius 3 is 2.27 bits per heavy atom. The van der Waals surface area contributed by atoms with Crippen LogP contribution in [0.3, 0.4) is 0 Å². The Morgan fingerprint density at radius 2 is 1.69 bits per heavy atom. The van der Waals surface area contributed by atoms with Crippen molar-refractivity contribution in [3.63, 3.8) is 0 Å². The predicted molar refractivity (Wildman–Crippen MR) is 116 cm³/mol. The van der Waals surface area contributed by atoms with Crippen LogP contribution in [-0.4, -0.2) is 24.9 Å². The zero-order chi connectivity index (χ0) is 17.7. The van der Waals surface area contributed by atoms with Crippen LogP contribution in [-0.2, 0) is 23.4 Å². The maximum Gasteiger partial charge on any atom is 0.244 e. The number of hydrogen-bond donors (Lipinski definition) is 2. The summed E-state index contributed by atoms with van der Waals surface area (Å²) in [4.78, 5) is 14.6. The van der Waals surface area contributed by atoms with Crippen LogP contribution in [0, 0.1) is 0 Å². The number of nitrogens with zero attached hydrogens (tertiary/aromatic N) is 1. The lowest BCUT2D eigenvalue weighted by molar-refractivity contribution is -0.126. The van der Waals surface area contributed by atoms with Crippen molar-refractivity contribution in [2.45, 2.75) is 25.6 Å². The first kappa shape index (κ1) is 24.9. The molecule has 0 saturated heterocycles. The highest BCUT2D eigenvalue weighted by Crippen LogP contribution is 2.21. The third-order valence-corrected chi connectivity index (χ3v) is 4.39. The number of nitrogens with one attached hydrogen (secondary N) is 1. The van der Waals surface area contributed by atoms with Crippen LogP contribution in [0.5, 0.6) is 0 Å². The maximum atomic E-state index is 12.5. The molecule has 0 aliphatic heterocycles. The van der Waals surface area contributed by atoms with E-state index in [9.17, 15) is 4.79 Å². The van der Waals surface area contributed by atoms with E-state index in [1.165, 1.54) is 5.56 Å². The second-order valence-corrected chi connectivity index (χ2v) is 7.37. The number of carbonyl (C=O) groups excluding carboxylic acids is 1. The molecule has 0 fully saturated rings. The van der Waals surface area contributed by atoms with E-state index < -0.39 is 5.54 Å². The molecule has 1 unspecified atom stereocenters. The Balaban J connectivity index is 0.00000312. The second kappa shape index (κ2) is 10.9. The van der Waals surface area contributed by atoms with Crippen molar-refractivity contribution in [2.24, 2.45) is 5.73 Å². The predicted octanol–water partition coefficient (Wildman–Crippen LogP) is 3.84. The molecule has 2 aromatic rings. The number of amides is 1. The molecule has 0 bridgehead atoms. The van der Waals surface area contributed by atoms with Gasteiger partial charge in [-0.3, -0.25) is 4.79 Å². The Bertz CT molecular complexity index is 706. The summed E-state index contributed by atoms with van der Waals surface area (Å²) in [6.45, 7) is 3.06. The van der Waals surface area contributed by atoms with Crippen molar-refractivity contribution in [3.8, 4) is 0 Å². The minimum absolute atomic E-state index is 0. The molecule has 26 heavy (non-hydrogen) atoms. The van der Waals surface area contributed by atoms with Gasteiger partial charge in [-0.25, -0.2) is 0 Å². The quantitative estimate of drug-likeness (QED) is 0.685. The molecule has 4 nitrogen and oxygen atoms in total. The summed E-state index contributed by atoms with van der Waals surface area (Å²) in [6.07, 6.45) is 0. The largest absolute Gasteiger partial charge is 0.350 e. The lowest BCUT2D eigenvalue weighted by Gasteiger charge is -2.24. The van der Waals surface area contributed by atoms with Gasteiger partial charge >= 0.3 is 0 Å². The number of rotatable bonds is 6. The van der Waals surface area contributed by atoms with Crippen molar-refractivity contribution in [3.05, 3.63) is 69.7 Å². The molecule has 7 heteroatoms. The number of halogens is 3. The first-order chi connectivity index (χ1) is 11.3. The van der Waals surface area contributed by atoms with E-state index in [2.05, 4.69) is 38.3 Å². The highest BCUT2D eigenvalue weighted by Gasteiger charge is 2.30. The van der Waals surface area contributed by atoms with Crippen molar-refractivity contribution >= 4 is 46.7 Å². The summed E-state index contributed by atoms with van der Waals surface area (Å²) >= 11 is 3.39. The third-order valence-electron chi connectivity index (χ3n) is 3.86. The van der Waals surface area contributed by atoms with E-state index in [0.29, 0.717) is 6.54 Å². The molecule has 144 valence electrons. The van der Waals surface area contributed by atoms with Gasteiger partial charge in [0.2, 0.25) is 5.91 Å². The molecule has 0 aromatic heterocycles. The Labute approximate surface area is 176 Å². The number of nitrogens with two attached hydrogens (primary N) is 1. The van der Waals surface area contributed by atoms with Crippen LogP contribution >= 0.6 is 40.7 Å². The summed E-state index contributed by atoms with van der Waals surface area (Å²) < 4.78 is 0.958. The standard InChI is InChI=1S/C19H24BrN3O.2ClH/c1-19(21,16-7-9-17(20)10-8-16)18(24)22-12-14-5-4-6-15(11-14)13-23(2)3;;/h4-11H,12-13,21H2,1-3H3,(H,22,24);2*1H. The zero-order valence-corrected chi connectivity index (χ0v) is 18.4. The molecule has 1 amide bonds. The van der Waals surface area contributed by atoms with Crippen LogP contribution < -0.4 is 11.1 Å². The van der Waals surface area contributed by atoms with Gasteiger partial charge < -0.3 is 16.0 Å². The van der Waals surface area contributed by atoms with Crippen molar-refractivity contribution in [2.75, 3.05) is 14.1 Å². The van der Waals surface area contributed by atoms with Crippen LogP contribution in [0.1, 0.15) is 23.6 Å². The third kappa shape index (κ3) is 6.89. The second-order valence-electron chi connectivity index (χ2n) is 6.45. The van der Waals surface area contributed by atoms with E-state index in [1.807, 2.05) is 50.5 Å². The minimum Gasteiger partial charge on any atom is -0.350 e. The average Bonchev–Trinajstić information content (AvgIpc) is 2.52. The number of carbonyl (C=O) groups is 1. The van der Waals surface area contributed by atoms with E-state index in [0.717, 1.165) is 22.1 Å². The van der Waals surface area contributed by atoms with Crippen LogP contribution in [0.15, 0.2) is 53.0 Å². The van der Waals surface area contributed by atoms with Gasteiger partial charge in [0.05, 0.1) is 0 Å². The molecule has 0 radical (unpaired) electrons. The van der Waals surface area contributed by atoms with Gasteiger partial charge in [0.15, 0.2) is 0 Å². The van der Waals surface area contributed by atoms with Gasteiger partial charge in [0.1, 0.15) is 5.54 Å². The smallest absolute Gasteiger partial charge is 0.244 e. The molecule has 3 N–H and O–H groups in total. The Morgan fingerprint density at radius 1 is 1.12 bits per heavy atom. The average molecular weight is 463 g/mol. The van der Waals surface area contributed by atoms with Gasteiger partial charge in [0.25, 0.3) is 0 Å². The van der Waals surface area contributed by atoms with Gasteiger partial charge in [-0.05, 0) is 49.8 Å². The lowest BCUT2D eigenvalue weighted by Crippen LogP contribution is -2.48. The van der Waals surface area contributed by atoms with E-state index in [4.69, 9.17) is 5.73 Å². The SMILES string of the molecule is CN(C)Cc1cccc(CNC(=O)C(C)(N)c2ccc(Br)cc2)c1.Cl.Cl. The topological polar surface area (TPSA) is 58.4 Å². The molecule has 2 aromatic carbocycles. The molecule has 1 atom stereocenters. The van der Waals surface area contributed by atoms with Crippen LogP contribution in [0.25, 0.3) is 0 Å². The summed E-state index contributed by atoms with van der Waals surface area (Å²) in [5, 5.41) is 2.94. The van der Waals surface area contributed by atoms with Gasteiger partial charge in [-0.2, -0.15) is 0 Å². The molecule has 2 rings (SSSR count). The zero-order valence-electron chi connectivity index (χ0n) is 15.2. The van der Waals surface area contributed by atoms with Crippen LogP contribution in [0.2, 0.25) is 0 Å². The van der Waals surface area contributed by atoms with E-state index in [1.54, 1.807) is 6.92 Å². The Kier molecular flexibility index (Phi) is 10.4. The van der Waals surface area contributed by atoms with Crippen LogP contribution in [0.4, 0.5) is 0 Å². The summed E-state index contributed by atoms with van der Waals surface area (Å²) in [6, 6.07) is 15.7.